The second-order valence-electron chi connectivity index (χ2n) is 13.0. The molecule has 2 aliphatic rings. The van der Waals surface area contributed by atoms with Crippen molar-refractivity contribution in [3.8, 4) is 11.1 Å². The molecule has 5 rings (SSSR count). The fraction of sp³-hybridized carbons (Fsp3) is 0.371. The Balaban J connectivity index is 1.53. The van der Waals surface area contributed by atoms with Crippen molar-refractivity contribution in [2.24, 2.45) is 5.41 Å². The van der Waals surface area contributed by atoms with Crippen LogP contribution in [0.1, 0.15) is 84.3 Å². The van der Waals surface area contributed by atoms with E-state index in [9.17, 15) is 41.0 Å². The fourth-order valence-electron chi connectivity index (χ4n) is 6.44. The Morgan fingerprint density at radius 3 is 2.17 bits per heavy atom. The lowest BCUT2D eigenvalue weighted by atomic mass is 9.72. The summed E-state index contributed by atoms with van der Waals surface area (Å²) in [6.07, 6.45) is -10.9. The van der Waals surface area contributed by atoms with Crippen LogP contribution in [0, 0.1) is 18.2 Å². The number of carboxylic acid groups (broad SMARTS) is 1. The second kappa shape index (κ2) is 12.0. The number of hydrogen-bond acceptors (Lipinski definition) is 3. The lowest BCUT2D eigenvalue weighted by Crippen LogP contribution is -2.35. The average molecular weight is 664 g/mol. The van der Waals surface area contributed by atoms with Gasteiger partial charge in [0.2, 0.25) is 0 Å². The molecule has 1 amide bonds. The molecule has 1 aliphatic heterocycles. The number of nitrogens with zero attached hydrogens (tertiary/aromatic N) is 1. The highest BCUT2D eigenvalue weighted by atomic mass is 19.4. The third kappa shape index (κ3) is 7.01. The van der Waals surface area contributed by atoms with Gasteiger partial charge in [0.1, 0.15) is 11.9 Å². The molecule has 1 aliphatic carbocycles. The van der Waals surface area contributed by atoms with Crippen molar-refractivity contribution in [2.75, 3.05) is 6.54 Å². The third-order valence-electron chi connectivity index (χ3n) is 8.94. The summed E-state index contributed by atoms with van der Waals surface area (Å²) in [5.41, 5.74) is 0.0612. The van der Waals surface area contributed by atoms with Crippen LogP contribution in [0.15, 0.2) is 60.2 Å². The molecule has 5 nitrogen and oxygen atoms in total. The van der Waals surface area contributed by atoms with E-state index in [0.29, 0.717) is 64.8 Å². The van der Waals surface area contributed by atoms with Crippen molar-refractivity contribution in [3.05, 3.63) is 99.4 Å². The molecule has 3 aromatic carbocycles. The number of cyclic esters (lactones) is 1. The number of carboxylic acids is 1. The molecule has 1 saturated heterocycles. The molecular formula is C35H32F7NO4. The van der Waals surface area contributed by atoms with E-state index in [2.05, 4.69) is 0 Å². The number of rotatable bonds is 6. The highest BCUT2D eigenvalue weighted by Crippen LogP contribution is 2.46. The van der Waals surface area contributed by atoms with Crippen molar-refractivity contribution in [2.45, 2.75) is 71.5 Å². The van der Waals surface area contributed by atoms with Gasteiger partial charge < -0.3 is 9.84 Å². The number of carbonyl (C=O) groups is 2. The maximum Gasteiger partial charge on any atom is 0.416 e. The molecule has 12 heteroatoms. The van der Waals surface area contributed by atoms with E-state index in [4.69, 9.17) is 4.74 Å². The van der Waals surface area contributed by atoms with Crippen LogP contribution < -0.4 is 0 Å². The van der Waals surface area contributed by atoms with Crippen LogP contribution in [0.25, 0.3) is 16.7 Å². The minimum atomic E-state index is -5.07. The minimum absolute atomic E-state index is 0.0224. The number of halogens is 7. The van der Waals surface area contributed by atoms with E-state index in [-0.39, 0.29) is 23.6 Å². The van der Waals surface area contributed by atoms with Crippen LogP contribution >= 0.6 is 0 Å². The predicted molar refractivity (Wildman–Crippen MR) is 160 cm³/mol. The van der Waals surface area contributed by atoms with Gasteiger partial charge in [-0.3, -0.25) is 4.90 Å². The standard InChI is InChI=1S/C35H32F7NO4/c1-18-11-21(31(44)45)5-7-26(18)20-6-8-29(36)28(14-20)27-9-10-33(3,4)16-23(27)17-43-19(2)30(47-32(43)46)22-12-24(34(37,38)39)15-25(13-22)35(40,41)42/h5-8,11-15,19,30H,9-10,16-17H2,1-4H3,(H,44,45)/t19-,30-/m0/s1. The average Bonchev–Trinajstić information content (AvgIpc) is 3.25. The highest BCUT2D eigenvalue weighted by molar-refractivity contribution is 5.89. The van der Waals surface area contributed by atoms with Gasteiger partial charge in [-0.2, -0.15) is 26.3 Å². The second-order valence-corrected chi connectivity index (χ2v) is 13.0. The lowest BCUT2D eigenvalue weighted by molar-refractivity contribution is -0.143. The zero-order chi connectivity index (χ0) is 34.6. The van der Waals surface area contributed by atoms with Crippen LogP contribution in [0.4, 0.5) is 35.5 Å². The summed E-state index contributed by atoms with van der Waals surface area (Å²) in [7, 11) is 0. The summed E-state index contributed by atoms with van der Waals surface area (Å²) in [5.74, 6) is -1.59. The maximum atomic E-state index is 15.5. The van der Waals surface area contributed by atoms with E-state index in [1.54, 1.807) is 25.1 Å². The first-order chi connectivity index (χ1) is 21.7. The monoisotopic (exact) mass is 663 g/mol. The Labute approximate surface area is 266 Å². The number of amides is 1. The van der Waals surface area contributed by atoms with E-state index < -0.39 is 59.1 Å². The van der Waals surface area contributed by atoms with Gasteiger partial charge >= 0.3 is 24.4 Å². The summed E-state index contributed by atoms with van der Waals surface area (Å²) < 4.78 is 102. The topological polar surface area (TPSA) is 66.8 Å². The maximum absolute atomic E-state index is 15.5. The van der Waals surface area contributed by atoms with Gasteiger partial charge in [-0.1, -0.05) is 26.0 Å². The molecule has 0 radical (unpaired) electrons. The van der Waals surface area contributed by atoms with Crippen LogP contribution in [-0.4, -0.2) is 34.7 Å². The molecule has 0 spiro atoms. The van der Waals surface area contributed by atoms with Gasteiger partial charge in [0.05, 0.1) is 22.7 Å². The van der Waals surface area contributed by atoms with Gasteiger partial charge in [0.15, 0.2) is 0 Å². The van der Waals surface area contributed by atoms with Gasteiger partial charge in [-0.15, -0.1) is 0 Å². The van der Waals surface area contributed by atoms with Crippen molar-refractivity contribution in [1.29, 1.82) is 0 Å². The summed E-state index contributed by atoms with van der Waals surface area (Å²) in [6.45, 7) is 7.19. The summed E-state index contributed by atoms with van der Waals surface area (Å²) >= 11 is 0. The molecule has 0 bridgehead atoms. The quantitative estimate of drug-likeness (QED) is 0.267. The molecule has 1 N–H and O–H groups in total. The largest absolute Gasteiger partial charge is 0.478 e. The number of ether oxygens (including phenoxy) is 1. The van der Waals surface area contributed by atoms with Crippen LogP contribution in [0.5, 0.6) is 0 Å². The molecule has 0 saturated carbocycles. The zero-order valence-electron chi connectivity index (χ0n) is 25.9. The SMILES string of the molecule is Cc1cc(C(=O)O)ccc1-c1ccc(F)c(C2=C(CN3C(=O)O[C@H](c4cc(C(F)(F)F)cc(C(F)(F)F)c4)[C@@H]3C)CC(C)(C)CC2)c1. The number of aryl methyl sites for hydroxylation is 1. The molecule has 0 aromatic heterocycles. The molecule has 250 valence electrons. The molecular weight excluding hydrogens is 631 g/mol. The van der Waals surface area contributed by atoms with E-state index in [1.165, 1.54) is 30.0 Å². The lowest BCUT2D eigenvalue weighted by Gasteiger charge is -2.35. The van der Waals surface area contributed by atoms with Gasteiger partial charge in [-0.25, -0.2) is 14.0 Å². The predicted octanol–water partition coefficient (Wildman–Crippen LogP) is 10.1. The number of alkyl halides is 6. The first-order valence-corrected chi connectivity index (χ1v) is 14.9. The summed E-state index contributed by atoms with van der Waals surface area (Å²) in [4.78, 5) is 25.8. The van der Waals surface area contributed by atoms with E-state index in [1.807, 2.05) is 13.8 Å². The molecule has 1 fully saturated rings. The Morgan fingerprint density at radius 2 is 1.60 bits per heavy atom. The van der Waals surface area contributed by atoms with Crippen molar-refractivity contribution in [1.82, 2.24) is 4.90 Å². The highest BCUT2D eigenvalue weighted by Gasteiger charge is 2.44. The Hall–Kier alpha value is -4.35. The van der Waals surface area contributed by atoms with Crippen molar-refractivity contribution in [3.63, 3.8) is 0 Å². The third-order valence-corrected chi connectivity index (χ3v) is 8.94. The number of hydrogen-bond donors (Lipinski definition) is 1. The Morgan fingerprint density at radius 1 is 0.957 bits per heavy atom. The van der Waals surface area contributed by atoms with E-state index >= 15 is 4.39 Å². The Kier molecular flexibility index (Phi) is 8.70. The van der Waals surface area contributed by atoms with Crippen LogP contribution in [-0.2, 0) is 17.1 Å². The zero-order valence-corrected chi connectivity index (χ0v) is 25.9. The molecule has 1 heterocycles. The molecule has 3 aromatic rings. The summed E-state index contributed by atoms with van der Waals surface area (Å²) in [5, 5.41) is 9.33. The molecule has 0 unspecified atom stereocenters. The fourth-order valence-corrected chi connectivity index (χ4v) is 6.44. The van der Waals surface area contributed by atoms with Crippen molar-refractivity contribution < 1.29 is 50.2 Å². The number of carbonyl (C=O) groups excluding carboxylic acids is 1. The number of allylic oxidation sites excluding steroid dienone is 1. The first kappa shape index (κ1) is 34.0. The molecule has 2 atom stereocenters. The first-order valence-electron chi connectivity index (χ1n) is 14.9. The van der Waals surface area contributed by atoms with Crippen molar-refractivity contribution >= 4 is 17.6 Å². The summed E-state index contributed by atoms with van der Waals surface area (Å²) in [6, 6.07) is 9.40. The van der Waals surface area contributed by atoms with Crippen LogP contribution in [0.2, 0.25) is 0 Å². The minimum Gasteiger partial charge on any atom is -0.478 e. The smallest absolute Gasteiger partial charge is 0.416 e. The van der Waals surface area contributed by atoms with Gasteiger partial charge in [0, 0.05) is 12.1 Å². The number of aromatic carboxylic acids is 1. The van der Waals surface area contributed by atoms with Crippen LogP contribution in [0.3, 0.4) is 0 Å². The van der Waals surface area contributed by atoms with E-state index in [0.717, 1.165) is 0 Å². The normalized spacial score (nSPS) is 20.1. The van der Waals surface area contributed by atoms with Gasteiger partial charge in [0.25, 0.3) is 0 Å². The molecule has 47 heavy (non-hydrogen) atoms. The Bertz CT molecular complexity index is 1740. The number of benzene rings is 3. The van der Waals surface area contributed by atoms with Gasteiger partial charge in [-0.05, 0) is 114 Å².